The second-order valence-corrected chi connectivity index (χ2v) is 8.72. The first-order valence-corrected chi connectivity index (χ1v) is 11.7. The van der Waals surface area contributed by atoms with Crippen molar-refractivity contribution < 1.29 is 4.79 Å². The lowest BCUT2D eigenvalue weighted by atomic mass is 9.98. The predicted octanol–water partition coefficient (Wildman–Crippen LogP) is 8.99. The summed E-state index contributed by atoms with van der Waals surface area (Å²) in [5.41, 5.74) is 7.38. The number of ketones is 1. The third-order valence-corrected chi connectivity index (χ3v) is 6.59. The molecule has 0 saturated carbocycles. The van der Waals surface area contributed by atoms with Crippen LogP contribution in [0.25, 0.3) is 38.8 Å². The van der Waals surface area contributed by atoms with Gasteiger partial charge in [0, 0.05) is 5.56 Å². The van der Waals surface area contributed by atoms with E-state index in [0.29, 0.717) is 5.56 Å². The number of fused-ring (bicyclic) bond motifs is 3. The zero-order valence-electron chi connectivity index (χ0n) is 19.8. The molecule has 0 aliphatic heterocycles. The van der Waals surface area contributed by atoms with Crippen molar-refractivity contribution in [2.24, 2.45) is 0 Å². The number of carbonyl (C=O) groups is 1. The van der Waals surface area contributed by atoms with Crippen LogP contribution in [0.15, 0.2) is 128 Å². The third kappa shape index (κ3) is 4.25. The molecule has 0 radical (unpaired) electrons. The molecule has 0 aromatic heterocycles. The van der Waals surface area contributed by atoms with E-state index in [4.69, 9.17) is 0 Å². The smallest absolute Gasteiger partial charge is 0.186 e. The fourth-order valence-corrected chi connectivity index (χ4v) is 4.70. The molecule has 0 saturated heterocycles. The molecule has 1 nitrogen and oxygen atoms in total. The Morgan fingerprint density at radius 1 is 0.743 bits per heavy atom. The molecule has 1 aliphatic rings. The summed E-state index contributed by atoms with van der Waals surface area (Å²) < 4.78 is 0. The number of rotatable bonds is 6. The molecule has 0 unspecified atom stereocenters. The molecule has 0 N–H and O–H groups in total. The van der Waals surface area contributed by atoms with Crippen LogP contribution in [0.2, 0.25) is 0 Å². The molecule has 0 atom stereocenters. The van der Waals surface area contributed by atoms with Crippen molar-refractivity contribution in [2.45, 2.75) is 6.92 Å². The number of carbonyl (C=O) groups excluding carboxylic acids is 1. The van der Waals surface area contributed by atoms with E-state index in [1.54, 1.807) is 18.2 Å². The summed E-state index contributed by atoms with van der Waals surface area (Å²) in [4.78, 5) is 12.8. The van der Waals surface area contributed by atoms with Crippen molar-refractivity contribution in [3.63, 3.8) is 0 Å². The minimum atomic E-state index is -0.0375. The summed E-state index contributed by atoms with van der Waals surface area (Å²) in [7, 11) is 0. The summed E-state index contributed by atoms with van der Waals surface area (Å²) in [5.74, 6) is -0.0375. The minimum absolute atomic E-state index is 0.0375. The first kappa shape index (κ1) is 22.3. The molecule has 35 heavy (non-hydrogen) atoms. The molecule has 0 heterocycles. The van der Waals surface area contributed by atoms with E-state index in [2.05, 4.69) is 62.6 Å². The van der Waals surface area contributed by atoms with Gasteiger partial charge in [0.2, 0.25) is 0 Å². The van der Waals surface area contributed by atoms with Crippen LogP contribution in [0, 0.1) is 0 Å². The highest BCUT2D eigenvalue weighted by atomic mass is 16.1. The Morgan fingerprint density at radius 3 is 1.97 bits per heavy atom. The fourth-order valence-electron chi connectivity index (χ4n) is 4.70. The Morgan fingerprint density at radius 2 is 1.31 bits per heavy atom. The highest BCUT2D eigenvalue weighted by molar-refractivity contribution is 6.09. The molecule has 5 rings (SSSR count). The average molecular weight is 451 g/mol. The maximum Gasteiger partial charge on any atom is 0.186 e. The van der Waals surface area contributed by atoms with E-state index in [-0.39, 0.29) is 5.78 Å². The second-order valence-electron chi connectivity index (χ2n) is 8.72. The van der Waals surface area contributed by atoms with Crippen molar-refractivity contribution in [2.75, 3.05) is 0 Å². The summed E-state index contributed by atoms with van der Waals surface area (Å²) in [6, 6.07) is 24.9. The van der Waals surface area contributed by atoms with Crippen molar-refractivity contribution >= 4 is 44.6 Å². The number of hydrogen-bond acceptors (Lipinski definition) is 1. The van der Waals surface area contributed by atoms with Gasteiger partial charge in [0.25, 0.3) is 0 Å². The monoisotopic (exact) mass is 450 g/mol. The molecule has 1 aliphatic carbocycles. The highest BCUT2D eigenvalue weighted by Crippen LogP contribution is 2.42. The molecule has 0 amide bonds. The third-order valence-electron chi connectivity index (χ3n) is 6.59. The standard InChI is InChI=1S/C34H26O/c1-4-25-19-26-13-9-10-16-29(26)22-33(25)34(35)18-8-6-5-7-17-30-23(2)31-20-27-14-11-12-15-28(27)21-32(31)24(30)3/h4-22H,1-2H2,3H3/b6-5+,17-7+,18-8+. The predicted molar refractivity (Wildman–Crippen MR) is 151 cm³/mol. The molecule has 1 heteroatoms. The molecular weight excluding hydrogens is 424 g/mol. The number of allylic oxidation sites excluding steroid dienone is 9. The quantitative estimate of drug-likeness (QED) is 0.163. The molecule has 4 aromatic rings. The van der Waals surface area contributed by atoms with Gasteiger partial charge in [0.1, 0.15) is 0 Å². The van der Waals surface area contributed by atoms with Crippen LogP contribution in [0.5, 0.6) is 0 Å². The molecule has 0 bridgehead atoms. The lowest BCUT2D eigenvalue weighted by Gasteiger charge is -2.05. The topological polar surface area (TPSA) is 17.1 Å². The van der Waals surface area contributed by atoms with Gasteiger partial charge in [-0.25, -0.2) is 0 Å². The lowest BCUT2D eigenvalue weighted by Crippen LogP contribution is -1.98. The minimum Gasteiger partial charge on any atom is -0.289 e. The van der Waals surface area contributed by atoms with Gasteiger partial charge in [-0.1, -0.05) is 98.1 Å². The Hall–Kier alpha value is -4.49. The average Bonchev–Trinajstić information content (AvgIpc) is 3.12. The van der Waals surface area contributed by atoms with Crippen LogP contribution in [0.4, 0.5) is 0 Å². The second kappa shape index (κ2) is 9.40. The molecule has 0 fully saturated rings. The van der Waals surface area contributed by atoms with Gasteiger partial charge in [0.05, 0.1) is 0 Å². The van der Waals surface area contributed by atoms with Crippen molar-refractivity contribution in [1.82, 2.24) is 0 Å². The van der Waals surface area contributed by atoms with Gasteiger partial charge in [-0.05, 0) is 92.2 Å². The molecule has 4 aromatic carbocycles. The van der Waals surface area contributed by atoms with Crippen molar-refractivity contribution in [3.05, 3.63) is 150 Å². The Bertz CT molecular complexity index is 1640. The zero-order valence-corrected chi connectivity index (χ0v) is 19.8. The molecule has 0 spiro atoms. The summed E-state index contributed by atoms with van der Waals surface area (Å²) >= 11 is 0. The van der Waals surface area contributed by atoms with Gasteiger partial charge in [-0.15, -0.1) is 0 Å². The van der Waals surface area contributed by atoms with E-state index in [9.17, 15) is 4.79 Å². The van der Waals surface area contributed by atoms with Crippen LogP contribution < -0.4 is 0 Å². The van der Waals surface area contributed by atoms with Gasteiger partial charge < -0.3 is 0 Å². The molecular formula is C34H26O. The summed E-state index contributed by atoms with van der Waals surface area (Å²) in [6.45, 7) is 10.4. The van der Waals surface area contributed by atoms with Crippen LogP contribution in [0.1, 0.15) is 34.0 Å². The first-order valence-electron chi connectivity index (χ1n) is 11.7. The zero-order chi connectivity index (χ0) is 24.4. The van der Waals surface area contributed by atoms with Crippen molar-refractivity contribution in [1.29, 1.82) is 0 Å². The fraction of sp³-hybridized carbons (Fsp3) is 0.0294. The van der Waals surface area contributed by atoms with E-state index < -0.39 is 0 Å². The van der Waals surface area contributed by atoms with Crippen molar-refractivity contribution in [3.8, 4) is 0 Å². The van der Waals surface area contributed by atoms with Crippen LogP contribution >= 0.6 is 0 Å². The van der Waals surface area contributed by atoms with Gasteiger partial charge in [-0.2, -0.15) is 0 Å². The van der Waals surface area contributed by atoms with Gasteiger partial charge in [-0.3, -0.25) is 4.79 Å². The van der Waals surface area contributed by atoms with Gasteiger partial charge >= 0.3 is 0 Å². The summed E-state index contributed by atoms with van der Waals surface area (Å²) in [6.07, 6.45) is 13.0. The first-order chi connectivity index (χ1) is 17.1. The summed E-state index contributed by atoms with van der Waals surface area (Å²) in [5, 5.41) is 4.61. The van der Waals surface area contributed by atoms with Crippen LogP contribution in [-0.4, -0.2) is 5.78 Å². The SMILES string of the molecule is C=Cc1cc2ccccc2cc1C(=O)/C=C/C=C/C=C/C1=C(C)c2cc3ccccc3cc2C1=C. The largest absolute Gasteiger partial charge is 0.289 e. The maximum atomic E-state index is 12.8. The van der Waals surface area contributed by atoms with Crippen LogP contribution in [0.3, 0.4) is 0 Å². The molecule has 168 valence electrons. The Kier molecular flexibility index (Phi) is 5.99. The van der Waals surface area contributed by atoms with E-state index in [1.807, 2.05) is 54.6 Å². The number of hydrogen-bond donors (Lipinski definition) is 0. The van der Waals surface area contributed by atoms with E-state index in [1.165, 1.54) is 27.5 Å². The van der Waals surface area contributed by atoms with Crippen LogP contribution in [-0.2, 0) is 0 Å². The Labute approximate surface area is 206 Å². The van der Waals surface area contributed by atoms with Gasteiger partial charge in [0.15, 0.2) is 5.78 Å². The maximum absolute atomic E-state index is 12.8. The normalized spacial score (nSPS) is 13.7. The Balaban J connectivity index is 1.31. The highest BCUT2D eigenvalue weighted by Gasteiger charge is 2.21. The number of benzene rings is 4. The van der Waals surface area contributed by atoms with E-state index in [0.717, 1.165) is 27.5 Å². The lowest BCUT2D eigenvalue weighted by molar-refractivity contribution is 0.104. The van der Waals surface area contributed by atoms with E-state index >= 15 is 0 Å².